The minimum Gasteiger partial charge on any atom is -0.409 e. The van der Waals surface area contributed by atoms with Crippen molar-refractivity contribution in [2.24, 2.45) is 16.3 Å². The Labute approximate surface area is 110 Å². The van der Waals surface area contributed by atoms with Gasteiger partial charge in [0.15, 0.2) is 5.84 Å². The van der Waals surface area contributed by atoms with Gasteiger partial charge in [-0.2, -0.15) is 0 Å². The number of fused-ring (bicyclic) bond motifs is 1. The summed E-state index contributed by atoms with van der Waals surface area (Å²) in [6.07, 6.45) is 0.880. The quantitative estimate of drug-likeness (QED) is 0.368. The molecule has 1 aromatic heterocycles. The van der Waals surface area contributed by atoms with Crippen LogP contribution in [0.2, 0.25) is 0 Å². The van der Waals surface area contributed by atoms with Gasteiger partial charge in [-0.3, -0.25) is 4.79 Å². The smallest absolute Gasteiger partial charge is 0.236 e. The second-order valence-electron chi connectivity index (χ2n) is 4.96. The first-order valence-corrected chi connectivity index (χ1v) is 6.67. The van der Waals surface area contributed by atoms with E-state index in [2.05, 4.69) is 11.2 Å². The molecule has 1 aliphatic rings. The normalized spacial score (nSPS) is 16.6. The third kappa shape index (κ3) is 2.08. The molecule has 1 aliphatic heterocycles. The summed E-state index contributed by atoms with van der Waals surface area (Å²) < 4.78 is 0. The summed E-state index contributed by atoms with van der Waals surface area (Å²) in [5.74, 6) is -0.154. The Morgan fingerprint density at radius 1 is 1.61 bits per heavy atom. The predicted molar refractivity (Wildman–Crippen MR) is 70.6 cm³/mol. The molecule has 0 atom stereocenters. The van der Waals surface area contributed by atoms with Crippen LogP contribution in [0.25, 0.3) is 0 Å². The molecule has 98 valence electrons. The van der Waals surface area contributed by atoms with Crippen LogP contribution < -0.4 is 5.73 Å². The number of nitrogens with two attached hydrogens (primary N) is 1. The van der Waals surface area contributed by atoms with Gasteiger partial charge in [-0.1, -0.05) is 5.16 Å². The molecule has 5 nitrogen and oxygen atoms in total. The third-order valence-corrected chi connectivity index (χ3v) is 4.40. The second kappa shape index (κ2) is 4.61. The average molecular weight is 267 g/mol. The summed E-state index contributed by atoms with van der Waals surface area (Å²) in [7, 11) is 0. The largest absolute Gasteiger partial charge is 0.409 e. The fraction of sp³-hybridized carbons (Fsp3) is 0.500. The molecule has 0 fully saturated rings. The number of hydrogen-bond acceptors (Lipinski definition) is 4. The van der Waals surface area contributed by atoms with Gasteiger partial charge in [0.05, 0.1) is 0 Å². The topological polar surface area (TPSA) is 78.9 Å². The summed E-state index contributed by atoms with van der Waals surface area (Å²) >= 11 is 1.73. The number of hydrogen-bond donors (Lipinski definition) is 2. The van der Waals surface area contributed by atoms with Crippen LogP contribution in [0.3, 0.4) is 0 Å². The van der Waals surface area contributed by atoms with Crippen LogP contribution in [0, 0.1) is 5.41 Å². The summed E-state index contributed by atoms with van der Waals surface area (Å²) in [4.78, 5) is 15.5. The highest BCUT2D eigenvalue weighted by molar-refractivity contribution is 7.10. The summed E-state index contributed by atoms with van der Waals surface area (Å²) in [5, 5.41) is 13.7. The van der Waals surface area contributed by atoms with Crippen molar-refractivity contribution in [3.8, 4) is 0 Å². The molecular weight excluding hydrogens is 250 g/mol. The van der Waals surface area contributed by atoms with Crippen molar-refractivity contribution in [2.75, 3.05) is 6.54 Å². The fourth-order valence-electron chi connectivity index (χ4n) is 2.05. The molecule has 2 rings (SSSR count). The van der Waals surface area contributed by atoms with E-state index in [1.807, 2.05) is 5.38 Å². The third-order valence-electron chi connectivity index (χ3n) is 3.38. The van der Waals surface area contributed by atoms with Gasteiger partial charge in [-0.05, 0) is 37.3 Å². The Morgan fingerprint density at radius 2 is 2.33 bits per heavy atom. The summed E-state index contributed by atoms with van der Waals surface area (Å²) in [6.45, 7) is 4.65. The Kier molecular flexibility index (Phi) is 3.30. The second-order valence-corrected chi connectivity index (χ2v) is 5.96. The highest BCUT2D eigenvalue weighted by Crippen LogP contribution is 2.27. The molecule has 0 bridgehead atoms. The van der Waals surface area contributed by atoms with E-state index in [-0.39, 0.29) is 11.7 Å². The van der Waals surface area contributed by atoms with Crippen LogP contribution in [0.15, 0.2) is 16.6 Å². The molecule has 1 amide bonds. The lowest BCUT2D eigenvalue weighted by molar-refractivity contribution is -0.138. The Morgan fingerprint density at radius 3 is 3.00 bits per heavy atom. The monoisotopic (exact) mass is 267 g/mol. The van der Waals surface area contributed by atoms with E-state index in [9.17, 15) is 4.79 Å². The minimum atomic E-state index is -0.970. The van der Waals surface area contributed by atoms with E-state index < -0.39 is 5.41 Å². The van der Waals surface area contributed by atoms with E-state index in [1.165, 1.54) is 10.4 Å². The molecular formula is C12H17N3O2S. The van der Waals surface area contributed by atoms with Crippen molar-refractivity contribution in [1.29, 1.82) is 0 Å². The lowest BCUT2D eigenvalue weighted by Crippen LogP contribution is -2.49. The molecule has 0 spiro atoms. The van der Waals surface area contributed by atoms with Crippen molar-refractivity contribution in [1.82, 2.24) is 4.90 Å². The van der Waals surface area contributed by atoms with Crippen molar-refractivity contribution in [3.05, 3.63) is 21.9 Å². The van der Waals surface area contributed by atoms with E-state index in [0.29, 0.717) is 13.1 Å². The SMILES string of the molecule is CC(C)(C(=O)N1CCc2sccc2C1)C(N)=NO. The van der Waals surface area contributed by atoms with Gasteiger partial charge in [0, 0.05) is 18.0 Å². The molecule has 0 saturated carbocycles. The van der Waals surface area contributed by atoms with Crippen molar-refractivity contribution in [3.63, 3.8) is 0 Å². The predicted octanol–water partition coefficient (Wildman–Crippen LogP) is 1.41. The van der Waals surface area contributed by atoms with E-state index in [0.717, 1.165) is 6.42 Å². The fourth-order valence-corrected chi connectivity index (χ4v) is 2.94. The number of amidine groups is 1. The van der Waals surface area contributed by atoms with Gasteiger partial charge in [-0.25, -0.2) is 0 Å². The maximum atomic E-state index is 12.4. The maximum absolute atomic E-state index is 12.4. The van der Waals surface area contributed by atoms with E-state index in [4.69, 9.17) is 10.9 Å². The minimum absolute atomic E-state index is 0.0522. The molecule has 0 aromatic carbocycles. The molecule has 18 heavy (non-hydrogen) atoms. The van der Waals surface area contributed by atoms with Gasteiger partial charge in [-0.15, -0.1) is 11.3 Å². The Bertz CT molecular complexity index is 493. The van der Waals surface area contributed by atoms with Gasteiger partial charge in [0.1, 0.15) is 5.41 Å². The number of nitrogens with zero attached hydrogens (tertiary/aromatic N) is 2. The van der Waals surface area contributed by atoms with Gasteiger partial charge >= 0.3 is 0 Å². The molecule has 2 heterocycles. The lowest BCUT2D eigenvalue weighted by atomic mass is 9.89. The van der Waals surface area contributed by atoms with Crippen LogP contribution in [0.1, 0.15) is 24.3 Å². The molecule has 0 radical (unpaired) electrons. The number of rotatable bonds is 2. The number of carbonyl (C=O) groups is 1. The highest BCUT2D eigenvalue weighted by Gasteiger charge is 2.37. The molecule has 0 aliphatic carbocycles. The zero-order valence-electron chi connectivity index (χ0n) is 10.5. The van der Waals surface area contributed by atoms with Crippen LogP contribution in [0.5, 0.6) is 0 Å². The Balaban J connectivity index is 2.17. The highest BCUT2D eigenvalue weighted by atomic mass is 32.1. The van der Waals surface area contributed by atoms with E-state index >= 15 is 0 Å². The van der Waals surface area contributed by atoms with Crippen LogP contribution in [0.4, 0.5) is 0 Å². The molecule has 1 aromatic rings. The molecule has 0 saturated heterocycles. The number of amides is 1. The first-order chi connectivity index (χ1) is 8.46. The van der Waals surface area contributed by atoms with Crippen molar-refractivity contribution < 1.29 is 10.0 Å². The standard InChI is InChI=1S/C12H17N3O2S/c1-12(2,10(13)14-17)11(16)15-5-3-9-8(7-15)4-6-18-9/h4,6,17H,3,5,7H2,1-2H3,(H2,13,14). The Hall–Kier alpha value is -1.56. The number of oxime groups is 1. The number of thiophene rings is 1. The summed E-state index contributed by atoms with van der Waals surface area (Å²) in [5.41, 5.74) is 5.82. The molecule has 6 heteroatoms. The first kappa shape index (κ1) is 12.9. The first-order valence-electron chi connectivity index (χ1n) is 5.79. The molecule has 0 unspecified atom stereocenters. The van der Waals surface area contributed by atoms with Crippen molar-refractivity contribution >= 4 is 23.1 Å². The van der Waals surface area contributed by atoms with Crippen LogP contribution in [-0.4, -0.2) is 28.4 Å². The van der Waals surface area contributed by atoms with Gasteiger partial charge < -0.3 is 15.8 Å². The van der Waals surface area contributed by atoms with Crippen LogP contribution in [-0.2, 0) is 17.8 Å². The maximum Gasteiger partial charge on any atom is 0.236 e. The van der Waals surface area contributed by atoms with Crippen LogP contribution >= 0.6 is 11.3 Å². The van der Waals surface area contributed by atoms with Gasteiger partial charge in [0.2, 0.25) is 5.91 Å². The lowest BCUT2D eigenvalue weighted by Gasteiger charge is -2.33. The van der Waals surface area contributed by atoms with E-state index in [1.54, 1.807) is 30.1 Å². The van der Waals surface area contributed by atoms with Gasteiger partial charge in [0.25, 0.3) is 0 Å². The molecule has 3 N–H and O–H groups in total. The average Bonchev–Trinajstić information content (AvgIpc) is 2.83. The van der Waals surface area contributed by atoms with Crippen molar-refractivity contribution in [2.45, 2.75) is 26.8 Å². The number of carbonyl (C=O) groups excluding carboxylic acids is 1. The zero-order chi connectivity index (χ0) is 13.3. The summed E-state index contributed by atoms with van der Waals surface area (Å²) in [6, 6.07) is 2.05. The zero-order valence-corrected chi connectivity index (χ0v) is 11.3.